The Morgan fingerprint density at radius 2 is 2.18 bits per heavy atom. The van der Waals surface area contributed by atoms with E-state index < -0.39 is 11.4 Å². The van der Waals surface area contributed by atoms with Gasteiger partial charge in [0.15, 0.2) is 5.78 Å². The molecule has 2 aromatic rings. The van der Waals surface area contributed by atoms with Gasteiger partial charge in [0, 0.05) is 5.39 Å². The van der Waals surface area contributed by atoms with Crippen LogP contribution < -0.4 is 5.63 Å². The van der Waals surface area contributed by atoms with E-state index in [0.29, 0.717) is 11.0 Å². The minimum absolute atomic E-state index is 0.00792. The van der Waals surface area contributed by atoms with Crippen molar-refractivity contribution in [1.82, 2.24) is 0 Å². The lowest BCUT2D eigenvalue weighted by molar-refractivity contribution is 0.101. The Balaban J connectivity index is 2.48. The van der Waals surface area contributed by atoms with Gasteiger partial charge in [0.25, 0.3) is 0 Å². The second-order valence-electron chi connectivity index (χ2n) is 3.29. The number of carbonyl (C=O) groups is 1. The summed E-state index contributed by atoms with van der Waals surface area (Å²) >= 11 is 0.801. The summed E-state index contributed by atoms with van der Waals surface area (Å²) in [6, 6.07) is 8.46. The molecule has 0 unspecified atom stereocenters. The maximum atomic E-state index is 11.6. The van der Waals surface area contributed by atoms with Gasteiger partial charge in [-0.05, 0) is 23.9 Å². The zero-order chi connectivity index (χ0) is 12.3. The summed E-state index contributed by atoms with van der Waals surface area (Å²) in [5.74, 6) is -0.435. The highest BCUT2D eigenvalue weighted by Crippen LogP contribution is 2.13. The molecular formula is C12H7NO3S. The van der Waals surface area contributed by atoms with Crippen LogP contribution in [0.5, 0.6) is 0 Å². The van der Waals surface area contributed by atoms with Crippen LogP contribution in [0.1, 0.15) is 10.4 Å². The molecule has 1 aromatic carbocycles. The average molecular weight is 245 g/mol. The normalized spacial score (nSPS) is 10.1. The Kier molecular flexibility index (Phi) is 3.26. The van der Waals surface area contributed by atoms with Gasteiger partial charge in [-0.3, -0.25) is 4.79 Å². The van der Waals surface area contributed by atoms with Gasteiger partial charge < -0.3 is 4.42 Å². The molecule has 0 aliphatic carbocycles. The molecule has 0 N–H and O–H groups in total. The number of nitrogens with zero attached hydrogens (tertiary/aromatic N) is 1. The van der Waals surface area contributed by atoms with E-state index in [4.69, 9.17) is 9.68 Å². The predicted molar refractivity (Wildman–Crippen MR) is 64.9 cm³/mol. The first kappa shape index (κ1) is 11.4. The van der Waals surface area contributed by atoms with E-state index in [1.807, 2.05) is 0 Å². The number of rotatable bonds is 3. The molecule has 0 atom stereocenters. The zero-order valence-electron chi connectivity index (χ0n) is 8.67. The van der Waals surface area contributed by atoms with Crippen molar-refractivity contribution in [1.29, 1.82) is 5.26 Å². The van der Waals surface area contributed by atoms with Gasteiger partial charge in [-0.2, -0.15) is 5.26 Å². The van der Waals surface area contributed by atoms with E-state index in [0.717, 1.165) is 11.8 Å². The summed E-state index contributed by atoms with van der Waals surface area (Å²) in [4.78, 5) is 23.2. The number of fused-ring (bicyclic) bond motifs is 1. The average Bonchev–Trinajstić information content (AvgIpc) is 2.35. The second kappa shape index (κ2) is 4.85. The molecule has 0 fully saturated rings. The number of hydrogen-bond donors (Lipinski definition) is 0. The maximum absolute atomic E-state index is 11.6. The van der Waals surface area contributed by atoms with Gasteiger partial charge >= 0.3 is 5.63 Å². The number of carbonyl (C=O) groups excluding carboxylic acids is 1. The van der Waals surface area contributed by atoms with E-state index in [2.05, 4.69) is 0 Å². The van der Waals surface area contributed by atoms with Crippen LogP contribution in [-0.2, 0) is 0 Å². The quantitative estimate of drug-likeness (QED) is 0.471. The van der Waals surface area contributed by atoms with Gasteiger partial charge in [0.05, 0.1) is 5.75 Å². The summed E-state index contributed by atoms with van der Waals surface area (Å²) in [5.41, 5.74) is -0.222. The van der Waals surface area contributed by atoms with E-state index in [9.17, 15) is 9.59 Å². The Hall–Kier alpha value is -2.06. The fourth-order valence-corrected chi connectivity index (χ4v) is 1.78. The predicted octanol–water partition coefficient (Wildman–Crippen LogP) is 2.19. The number of para-hydroxylation sites is 1. The summed E-state index contributed by atoms with van der Waals surface area (Å²) in [6.07, 6.45) is 0. The molecule has 2 rings (SSSR count). The van der Waals surface area contributed by atoms with Crippen molar-refractivity contribution >= 4 is 28.5 Å². The lowest BCUT2D eigenvalue weighted by atomic mass is 10.1. The molecule has 0 aliphatic heterocycles. The first-order valence-corrected chi connectivity index (χ1v) is 5.78. The number of thiocyanates is 1. The summed E-state index contributed by atoms with van der Waals surface area (Å²) in [6.45, 7) is 0. The van der Waals surface area contributed by atoms with Crippen molar-refractivity contribution in [3.8, 4) is 5.40 Å². The molecular weight excluding hydrogens is 238 g/mol. The third-order valence-corrected chi connectivity index (χ3v) is 2.75. The molecule has 0 saturated carbocycles. The van der Waals surface area contributed by atoms with Crippen LogP contribution in [0.15, 0.2) is 39.5 Å². The summed E-state index contributed by atoms with van der Waals surface area (Å²) < 4.78 is 5.03. The number of benzene rings is 1. The van der Waals surface area contributed by atoms with Gasteiger partial charge in [0.1, 0.15) is 16.5 Å². The summed E-state index contributed by atoms with van der Waals surface area (Å²) in [5, 5.41) is 10.8. The molecule has 5 heteroatoms. The lowest BCUT2D eigenvalue weighted by Crippen LogP contribution is -2.15. The molecule has 1 heterocycles. The third-order valence-electron chi connectivity index (χ3n) is 2.21. The van der Waals surface area contributed by atoms with Crippen LogP contribution in [-0.4, -0.2) is 11.5 Å². The first-order chi connectivity index (χ1) is 8.22. The Morgan fingerprint density at radius 1 is 1.41 bits per heavy atom. The van der Waals surface area contributed by atoms with Crippen molar-refractivity contribution in [2.45, 2.75) is 0 Å². The van der Waals surface area contributed by atoms with Crippen molar-refractivity contribution in [2.24, 2.45) is 0 Å². The van der Waals surface area contributed by atoms with Gasteiger partial charge in [-0.15, -0.1) is 0 Å². The molecule has 0 bridgehead atoms. The number of thioether (sulfide) groups is 1. The van der Waals surface area contributed by atoms with E-state index >= 15 is 0 Å². The van der Waals surface area contributed by atoms with Gasteiger partial charge in [0.2, 0.25) is 0 Å². The van der Waals surface area contributed by atoms with E-state index in [-0.39, 0.29) is 11.3 Å². The molecule has 1 aromatic heterocycles. The van der Waals surface area contributed by atoms with Crippen LogP contribution in [0.2, 0.25) is 0 Å². The number of nitriles is 1. The molecule has 17 heavy (non-hydrogen) atoms. The fourth-order valence-electron chi connectivity index (χ4n) is 1.43. The molecule has 0 spiro atoms. The van der Waals surface area contributed by atoms with Crippen LogP contribution in [0.4, 0.5) is 0 Å². The standard InChI is InChI=1S/C12H7NO3S/c13-7-17-6-10(14)9-5-8-3-1-2-4-11(8)16-12(9)15/h1-5H,6H2. The third kappa shape index (κ3) is 2.37. The molecule has 4 nitrogen and oxygen atoms in total. The number of hydrogen-bond acceptors (Lipinski definition) is 5. The highest BCUT2D eigenvalue weighted by Gasteiger charge is 2.13. The number of ketones is 1. The van der Waals surface area contributed by atoms with Crippen molar-refractivity contribution < 1.29 is 9.21 Å². The highest BCUT2D eigenvalue weighted by atomic mass is 32.2. The molecule has 0 amide bonds. The van der Waals surface area contributed by atoms with Crippen molar-refractivity contribution in [3.05, 3.63) is 46.3 Å². The minimum Gasteiger partial charge on any atom is -0.422 e. The summed E-state index contributed by atoms with van der Waals surface area (Å²) in [7, 11) is 0. The molecule has 0 aliphatic rings. The Morgan fingerprint density at radius 3 is 2.94 bits per heavy atom. The number of Topliss-reactive ketones (excluding diaryl/α,β-unsaturated/α-hetero) is 1. The van der Waals surface area contributed by atoms with Gasteiger partial charge in [-0.1, -0.05) is 18.2 Å². The van der Waals surface area contributed by atoms with E-state index in [1.165, 1.54) is 6.07 Å². The smallest absolute Gasteiger partial charge is 0.347 e. The zero-order valence-corrected chi connectivity index (χ0v) is 9.49. The fraction of sp³-hybridized carbons (Fsp3) is 0.0833. The Labute approximate surface area is 101 Å². The first-order valence-electron chi connectivity index (χ1n) is 4.79. The molecule has 0 radical (unpaired) electrons. The van der Waals surface area contributed by atoms with Crippen LogP contribution in [0.3, 0.4) is 0 Å². The second-order valence-corrected chi connectivity index (χ2v) is 4.05. The van der Waals surface area contributed by atoms with Crippen LogP contribution >= 0.6 is 11.8 Å². The monoisotopic (exact) mass is 245 g/mol. The molecule has 0 saturated heterocycles. The SMILES string of the molecule is N#CSCC(=O)c1cc2ccccc2oc1=O. The Bertz CT molecular complexity index is 669. The largest absolute Gasteiger partial charge is 0.422 e. The van der Waals surface area contributed by atoms with Crippen LogP contribution in [0, 0.1) is 10.7 Å². The maximum Gasteiger partial charge on any atom is 0.347 e. The van der Waals surface area contributed by atoms with Crippen molar-refractivity contribution in [3.63, 3.8) is 0 Å². The lowest BCUT2D eigenvalue weighted by Gasteiger charge is -1.99. The van der Waals surface area contributed by atoms with Crippen molar-refractivity contribution in [2.75, 3.05) is 5.75 Å². The minimum atomic E-state index is -0.660. The molecule has 84 valence electrons. The van der Waals surface area contributed by atoms with Crippen LogP contribution in [0.25, 0.3) is 11.0 Å². The van der Waals surface area contributed by atoms with Gasteiger partial charge in [-0.25, -0.2) is 4.79 Å². The highest BCUT2D eigenvalue weighted by molar-refractivity contribution is 8.04. The topological polar surface area (TPSA) is 71.1 Å². The van der Waals surface area contributed by atoms with E-state index in [1.54, 1.807) is 29.7 Å².